The lowest BCUT2D eigenvalue weighted by Gasteiger charge is -2.33. The molecule has 0 bridgehead atoms. The van der Waals surface area contributed by atoms with Crippen LogP contribution >= 0.6 is 0 Å². The molecule has 0 aliphatic heterocycles. The highest BCUT2D eigenvalue weighted by Gasteiger charge is 2.30. The number of pyridine rings is 2. The van der Waals surface area contributed by atoms with Crippen LogP contribution in [0, 0.1) is 6.92 Å². The molecule has 0 amide bonds. The summed E-state index contributed by atoms with van der Waals surface area (Å²) in [5.74, 6) is 0. The first-order valence-corrected chi connectivity index (χ1v) is 12.6. The van der Waals surface area contributed by atoms with Crippen molar-refractivity contribution in [1.29, 1.82) is 0 Å². The number of rotatable bonds is 4. The molecule has 3 heterocycles. The lowest BCUT2D eigenvalue weighted by atomic mass is 9.73. The van der Waals surface area contributed by atoms with Gasteiger partial charge < -0.3 is 0 Å². The van der Waals surface area contributed by atoms with Gasteiger partial charge in [-0.3, -0.25) is 4.98 Å². The minimum Gasteiger partial charge on any atom is -0.252 e. The summed E-state index contributed by atoms with van der Waals surface area (Å²) in [6, 6.07) is 16.8. The van der Waals surface area contributed by atoms with E-state index < -0.39 is 10.0 Å². The zero-order valence-electron chi connectivity index (χ0n) is 18.5. The van der Waals surface area contributed by atoms with Gasteiger partial charge in [-0.1, -0.05) is 49.9 Å². The van der Waals surface area contributed by atoms with Crippen LogP contribution in [0.4, 0.5) is 0 Å². The largest absolute Gasteiger partial charge is 0.269 e. The summed E-state index contributed by atoms with van der Waals surface area (Å²) in [7, 11) is -3.74. The number of fused-ring (bicyclic) bond motifs is 1. The normalized spacial score (nSPS) is 16.3. The average Bonchev–Trinajstić information content (AvgIpc) is 3.25. The monoisotopic (exact) mass is 445 g/mol. The molecule has 6 heteroatoms. The molecule has 0 N–H and O–H groups in total. The SMILES string of the molecule is Cc1ccc(S(=O)(=O)n2ccc3c(-c4cccc(C5(C)CCCCC5)n4)ccnc32)cc1. The van der Waals surface area contributed by atoms with Crippen molar-refractivity contribution in [1.82, 2.24) is 13.9 Å². The Bertz CT molecular complexity index is 1380. The highest BCUT2D eigenvalue weighted by Crippen LogP contribution is 2.39. The van der Waals surface area contributed by atoms with E-state index in [2.05, 4.69) is 24.0 Å². The number of aryl methyl sites for hydroxylation is 1. The van der Waals surface area contributed by atoms with E-state index in [0.29, 0.717) is 5.65 Å². The van der Waals surface area contributed by atoms with Crippen LogP contribution in [0.1, 0.15) is 50.3 Å². The first-order chi connectivity index (χ1) is 15.4. The summed E-state index contributed by atoms with van der Waals surface area (Å²) in [5, 5.41) is 0.779. The van der Waals surface area contributed by atoms with E-state index in [1.54, 1.807) is 36.7 Å². The van der Waals surface area contributed by atoms with Gasteiger partial charge in [0.15, 0.2) is 5.65 Å². The Morgan fingerprint density at radius 2 is 1.69 bits per heavy atom. The summed E-state index contributed by atoms with van der Waals surface area (Å²) in [5.41, 5.74) is 4.40. The van der Waals surface area contributed by atoms with Crippen LogP contribution in [0.15, 0.2) is 71.9 Å². The Labute approximate surface area is 189 Å². The third kappa shape index (κ3) is 3.52. The highest BCUT2D eigenvalue weighted by atomic mass is 32.2. The molecule has 0 radical (unpaired) electrons. The van der Waals surface area contributed by atoms with Gasteiger partial charge in [0.05, 0.1) is 10.6 Å². The molecule has 1 fully saturated rings. The van der Waals surface area contributed by atoms with Gasteiger partial charge in [0.1, 0.15) is 0 Å². The fourth-order valence-corrected chi connectivity index (χ4v) is 6.07. The molecule has 3 aromatic heterocycles. The molecular weight excluding hydrogens is 418 g/mol. The fraction of sp³-hybridized carbons (Fsp3) is 0.308. The van der Waals surface area contributed by atoms with Crippen molar-refractivity contribution in [2.75, 3.05) is 0 Å². The standard InChI is InChI=1S/C26H27N3O2S/c1-19-9-11-20(12-10-19)32(30,31)29-18-14-22-21(13-17-27-25(22)29)23-7-6-8-24(28-23)26(2)15-4-3-5-16-26/h6-14,17-18H,3-5,15-16H2,1-2H3. The van der Waals surface area contributed by atoms with Gasteiger partial charge in [-0.05, 0) is 56.2 Å². The molecule has 1 aliphatic rings. The molecule has 0 spiro atoms. The quantitative estimate of drug-likeness (QED) is 0.394. The minimum absolute atomic E-state index is 0.0983. The molecule has 5 nitrogen and oxygen atoms in total. The van der Waals surface area contributed by atoms with Crippen LogP contribution in [-0.4, -0.2) is 22.4 Å². The second-order valence-corrected chi connectivity index (χ2v) is 10.9. The topological polar surface area (TPSA) is 64.8 Å². The molecular formula is C26H27N3O2S. The van der Waals surface area contributed by atoms with Crippen LogP contribution in [-0.2, 0) is 15.4 Å². The van der Waals surface area contributed by atoms with Crippen molar-refractivity contribution in [3.63, 3.8) is 0 Å². The van der Waals surface area contributed by atoms with Crippen molar-refractivity contribution < 1.29 is 8.42 Å². The van der Waals surface area contributed by atoms with E-state index in [1.807, 2.05) is 25.1 Å². The molecule has 5 rings (SSSR count). The van der Waals surface area contributed by atoms with E-state index >= 15 is 0 Å². The van der Waals surface area contributed by atoms with Gasteiger partial charge in [0, 0.05) is 34.5 Å². The van der Waals surface area contributed by atoms with Gasteiger partial charge >= 0.3 is 0 Å². The summed E-state index contributed by atoms with van der Waals surface area (Å²) in [6.45, 7) is 4.25. The fourth-order valence-electron chi connectivity index (χ4n) is 4.77. The predicted octanol–water partition coefficient (Wildman–Crippen LogP) is 5.87. The van der Waals surface area contributed by atoms with E-state index in [4.69, 9.17) is 4.98 Å². The van der Waals surface area contributed by atoms with Crippen molar-refractivity contribution in [3.8, 4) is 11.3 Å². The number of hydrogen-bond donors (Lipinski definition) is 0. The number of aromatic nitrogens is 3. The van der Waals surface area contributed by atoms with Crippen LogP contribution in [0.5, 0.6) is 0 Å². The summed E-state index contributed by atoms with van der Waals surface area (Å²) >= 11 is 0. The van der Waals surface area contributed by atoms with Crippen LogP contribution in [0.2, 0.25) is 0 Å². The Hall–Kier alpha value is -2.99. The Morgan fingerprint density at radius 3 is 2.44 bits per heavy atom. The van der Waals surface area contributed by atoms with E-state index in [9.17, 15) is 8.42 Å². The third-order valence-corrected chi connectivity index (χ3v) is 8.41. The van der Waals surface area contributed by atoms with Crippen LogP contribution < -0.4 is 0 Å². The van der Waals surface area contributed by atoms with E-state index in [0.717, 1.165) is 40.7 Å². The first kappa shape index (κ1) is 20.9. The maximum Gasteiger partial charge on any atom is 0.269 e. The van der Waals surface area contributed by atoms with Gasteiger partial charge in [0.2, 0.25) is 0 Å². The third-order valence-electron chi connectivity index (χ3n) is 6.73. The smallest absolute Gasteiger partial charge is 0.252 e. The maximum atomic E-state index is 13.3. The van der Waals surface area contributed by atoms with Crippen molar-refractivity contribution in [2.24, 2.45) is 0 Å². The zero-order valence-corrected chi connectivity index (χ0v) is 19.3. The molecule has 1 aromatic carbocycles. The lowest BCUT2D eigenvalue weighted by molar-refractivity contribution is 0.312. The van der Waals surface area contributed by atoms with Gasteiger partial charge in [-0.25, -0.2) is 17.4 Å². The molecule has 1 saturated carbocycles. The number of benzene rings is 1. The first-order valence-electron chi connectivity index (χ1n) is 11.1. The molecule has 164 valence electrons. The highest BCUT2D eigenvalue weighted by molar-refractivity contribution is 7.90. The van der Waals surface area contributed by atoms with Crippen molar-refractivity contribution in [2.45, 2.75) is 56.3 Å². The summed E-state index contributed by atoms with van der Waals surface area (Å²) in [4.78, 5) is 9.71. The van der Waals surface area contributed by atoms with E-state index in [1.165, 1.54) is 23.2 Å². The van der Waals surface area contributed by atoms with Gasteiger partial charge in [0.25, 0.3) is 10.0 Å². The second-order valence-electron chi connectivity index (χ2n) is 9.05. The second kappa shape index (κ2) is 7.85. The van der Waals surface area contributed by atoms with Gasteiger partial charge in [-0.15, -0.1) is 0 Å². The molecule has 0 unspecified atom stereocenters. The number of hydrogen-bond acceptors (Lipinski definition) is 4. The average molecular weight is 446 g/mol. The summed E-state index contributed by atoms with van der Waals surface area (Å²) < 4.78 is 27.8. The van der Waals surface area contributed by atoms with Crippen molar-refractivity contribution >= 4 is 21.1 Å². The maximum absolute atomic E-state index is 13.3. The molecule has 0 saturated heterocycles. The van der Waals surface area contributed by atoms with E-state index in [-0.39, 0.29) is 10.3 Å². The molecule has 1 aliphatic carbocycles. The van der Waals surface area contributed by atoms with Gasteiger partial charge in [-0.2, -0.15) is 0 Å². The Kier molecular flexibility index (Phi) is 5.13. The Balaban J connectivity index is 1.60. The van der Waals surface area contributed by atoms with Crippen molar-refractivity contribution in [3.05, 3.63) is 78.2 Å². The molecule has 32 heavy (non-hydrogen) atoms. The Morgan fingerprint density at radius 1 is 0.938 bits per heavy atom. The van der Waals surface area contributed by atoms with Crippen LogP contribution in [0.25, 0.3) is 22.3 Å². The van der Waals surface area contributed by atoms with Crippen LogP contribution in [0.3, 0.4) is 0 Å². The predicted molar refractivity (Wildman–Crippen MR) is 127 cm³/mol. The molecule has 0 atom stereocenters. The minimum atomic E-state index is -3.74. The molecule has 4 aromatic rings. The summed E-state index contributed by atoms with van der Waals surface area (Å²) in [6.07, 6.45) is 9.32. The number of nitrogens with zero attached hydrogens (tertiary/aromatic N) is 3. The lowest BCUT2D eigenvalue weighted by Crippen LogP contribution is -2.26. The zero-order chi connectivity index (χ0) is 22.3.